The molecule has 4 heteroatoms. The predicted molar refractivity (Wildman–Crippen MR) is 66.6 cm³/mol. The van der Waals surface area contributed by atoms with Crippen molar-refractivity contribution in [3.8, 4) is 0 Å². The quantitative estimate of drug-likeness (QED) is 0.643. The minimum absolute atomic E-state index is 0.163. The van der Waals surface area contributed by atoms with E-state index in [1.807, 2.05) is 0 Å². The van der Waals surface area contributed by atoms with Crippen molar-refractivity contribution in [1.29, 1.82) is 0 Å². The van der Waals surface area contributed by atoms with E-state index in [4.69, 9.17) is 0 Å². The van der Waals surface area contributed by atoms with Gasteiger partial charge in [0.2, 0.25) is 5.91 Å². The Bertz CT molecular complexity index is 254. The lowest BCUT2D eigenvalue weighted by Gasteiger charge is -2.31. The Morgan fingerprint density at radius 1 is 1.18 bits per heavy atom. The molecule has 0 saturated heterocycles. The van der Waals surface area contributed by atoms with Gasteiger partial charge in [-0.15, -0.1) is 0 Å². The molecule has 0 aromatic carbocycles. The Morgan fingerprint density at radius 2 is 1.94 bits per heavy atom. The molecule has 2 saturated carbocycles. The summed E-state index contributed by atoms with van der Waals surface area (Å²) in [5.74, 6) is 0.548. The second-order valence-electron chi connectivity index (χ2n) is 5.38. The Hall–Kier alpha value is -0.610. The lowest BCUT2D eigenvalue weighted by Crippen LogP contribution is -2.41. The second kappa shape index (κ2) is 6.36. The number of aliphatic hydroxyl groups excluding tert-OH is 1. The summed E-state index contributed by atoms with van der Waals surface area (Å²) in [5.41, 5.74) is 0. The lowest BCUT2D eigenvalue weighted by atomic mass is 9.85. The van der Waals surface area contributed by atoms with E-state index in [-0.39, 0.29) is 12.5 Å². The van der Waals surface area contributed by atoms with E-state index >= 15 is 0 Å². The lowest BCUT2D eigenvalue weighted by molar-refractivity contribution is -0.121. The van der Waals surface area contributed by atoms with E-state index < -0.39 is 0 Å². The first-order valence-electron chi connectivity index (χ1n) is 6.93. The third kappa shape index (κ3) is 4.28. The third-order valence-electron chi connectivity index (χ3n) is 3.84. The van der Waals surface area contributed by atoms with Crippen molar-refractivity contribution < 1.29 is 9.90 Å². The van der Waals surface area contributed by atoms with Crippen LogP contribution in [0.5, 0.6) is 0 Å². The molecule has 0 spiro atoms. The Labute approximate surface area is 103 Å². The summed E-state index contributed by atoms with van der Waals surface area (Å²) < 4.78 is 0. The molecule has 0 aromatic rings. The van der Waals surface area contributed by atoms with Crippen LogP contribution in [-0.4, -0.2) is 36.2 Å². The highest BCUT2D eigenvalue weighted by molar-refractivity contribution is 5.76. The molecule has 0 aliphatic heterocycles. The molecule has 2 unspecified atom stereocenters. The topological polar surface area (TPSA) is 61.4 Å². The van der Waals surface area contributed by atoms with Crippen molar-refractivity contribution in [2.45, 2.75) is 57.0 Å². The Kier molecular flexibility index (Phi) is 4.80. The molecule has 2 fully saturated rings. The zero-order valence-electron chi connectivity index (χ0n) is 10.5. The molecule has 4 nitrogen and oxygen atoms in total. The van der Waals surface area contributed by atoms with Gasteiger partial charge in [0.1, 0.15) is 0 Å². The molecule has 0 bridgehead atoms. The molecule has 0 aromatic heterocycles. The minimum atomic E-state index is 0.163. The Morgan fingerprint density at radius 3 is 2.65 bits per heavy atom. The van der Waals surface area contributed by atoms with Crippen LogP contribution in [0.15, 0.2) is 0 Å². The number of carbonyl (C=O) groups excluding carboxylic acids is 1. The summed E-state index contributed by atoms with van der Waals surface area (Å²) >= 11 is 0. The number of carbonyl (C=O) groups is 1. The molecule has 3 N–H and O–H groups in total. The van der Waals surface area contributed by atoms with Crippen LogP contribution in [0.4, 0.5) is 0 Å². The molecular formula is C13H24N2O2. The zero-order chi connectivity index (χ0) is 12.1. The van der Waals surface area contributed by atoms with Gasteiger partial charge >= 0.3 is 0 Å². The van der Waals surface area contributed by atoms with Gasteiger partial charge in [-0.3, -0.25) is 4.79 Å². The van der Waals surface area contributed by atoms with Crippen LogP contribution < -0.4 is 10.6 Å². The van der Waals surface area contributed by atoms with E-state index in [1.165, 1.54) is 12.8 Å². The second-order valence-corrected chi connectivity index (χ2v) is 5.38. The average molecular weight is 240 g/mol. The molecule has 98 valence electrons. The predicted octanol–water partition coefficient (Wildman–Crippen LogP) is 0.796. The summed E-state index contributed by atoms with van der Waals surface area (Å²) in [6, 6.07) is 0.866. The third-order valence-corrected chi connectivity index (χ3v) is 3.84. The molecule has 2 aliphatic rings. The van der Waals surface area contributed by atoms with Crippen molar-refractivity contribution >= 4 is 5.91 Å². The van der Waals surface area contributed by atoms with Gasteiger partial charge in [-0.1, -0.05) is 12.8 Å². The first-order chi connectivity index (χ1) is 8.29. The maximum absolute atomic E-state index is 11.5. The molecule has 2 aliphatic carbocycles. The van der Waals surface area contributed by atoms with Crippen LogP contribution in [0.1, 0.15) is 44.9 Å². The maximum Gasteiger partial charge on any atom is 0.221 e. The van der Waals surface area contributed by atoms with Gasteiger partial charge in [-0.25, -0.2) is 0 Å². The van der Waals surface area contributed by atoms with E-state index in [9.17, 15) is 9.90 Å². The molecular weight excluding hydrogens is 216 g/mol. The number of rotatable bonds is 6. The van der Waals surface area contributed by atoms with Crippen molar-refractivity contribution in [2.75, 3.05) is 13.2 Å². The molecule has 17 heavy (non-hydrogen) atoms. The maximum atomic E-state index is 11.5. The van der Waals surface area contributed by atoms with Gasteiger partial charge in [0.15, 0.2) is 0 Å². The van der Waals surface area contributed by atoms with Crippen molar-refractivity contribution in [1.82, 2.24) is 10.6 Å². The fourth-order valence-corrected chi connectivity index (χ4v) is 2.59. The van der Waals surface area contributed by atoms with Crippen LogP contribution in [0.2, 0.25) is 0 Å². The van der Waals surface area contributed by atoms with Crippen molar-refractivity contribution in [3.05, 3.63) is 0 Å². The van der Waals surface area contributed by atoms with Gasteiger partial charge in [0.25, 0.3) is 0 Å². The molecule has 2 atom stereocenters. The molecule has 2 rings (SSSR count). The van der Waals surface area contributed by atoms with E-state index in [2.05, 4.69) is 10.6 Å². The van der Waals surface area contributed by atoms with Crippen LogP contribution in [0.25, 0.3) is 0 Å². The number of aliphatic hydroxyl groups is 1. The van der Waals surface area contributed by atoms with Gasteiger partial charge in [0, 0.05) is 31.7 Å². The first-order valence-corrected chi connectivity index (χ1v) is 6.93. The highest BCUT2D eigenvalue weighted by Crippen LogP contribution is 2.23. The number of hydrogen-bond donors (Lipinski definition) is 3. The molecule has 0 radical (unpaired) electrons. The highest BCUT2D eigenvalue weighted by Gasteiger charge is 2.25. The van der Waals surface area contributed by atoms with E-state index in [0.717, 1.165) is 32.2 Å². The van der Waals surface area contributed by atoms with E-state index in [1.54, 1.807) is 0 Å². The summed E-state index contributed by atoms with van der Waals surface area (Å²) in [4.78, 5) is 11.5. The summed E-state index contributed by atoms with van der Waals surface area (Å²) in [7, 11) is 0. The normalized spacial score (nSPS) is 29.0. The van der Waals surface area contributed by atoms with Crippen LogP contribution in [0.3, 0.4) is 0 Å². The smallest absolute Gasteiger partial charge is 0.221 e. The molecule has 1 amide bonds. The van der Waals surface area contributed by atoms with Crippen LogP contribution >= 0.6 is 0 Å². The van der Waals surface area contributed by atoms with Crippen LogP contribution in [-0.2, 0) is 4.79 Å². The monoisotopic (exact) mass is 240 g/mol. The minimum Gasteiger partial charge on any atom is -0.396 e. The number of hydrogen-bond acceptors (Lipinski definition) is 3. The van der Waals surface area contributed by atoms with Gasteiger partial charge in [-0.05, 0) is 31.6 Å². The SMILES string of the molecule is O=C(CCNC1CCCCC1CO)NC1CC1. The highest BCUT2D eigenvalue weighted by atomic mass is 16.3. The summed E-state index contributed by atoms with van der Waals surface area (Å²) in [6.45, 7) is 1.01. The zero-order valence-corrected chi connectivity index (χ0v) is 10.5. The van der Waals surface area contributed by atoms with Gasteiger partial charge in [0.05, 0.1) is 0 Å². The van der Waals surface area contributed by atoms with Crippen LogP contribution in [0, 0.1) is 5.92 Å². The largest absolute Gasteiger partial charge is 0.396 e. The first kappa shape index (κ1) is 12.8. The van der Waals surface area contributed by atoms with Gasteiger partial charge < -0.3 is 15.7 Å². The standard InChI is InChI=1S/C13H24N2O2/c16-9-10-3-1-2-4-12(10)14-8-7-13(17)15-11-5-6-11/h10-12,14,16H,1-9H2,(H,15,17). The fourth-order valence-electron chi connectivity index (χ4n) is 2.59. The van der Waals surface area contributed by atoms with Gasteiger partial charge in [-0.2, -0.15) is 0 Å². The summed E-state index contributed by atoms with van der Waals surface area (Å²) in [6.07, 6.45) is 7.57. The van der Waals surface area contributed by atoms with Crippen molar-refractivity contribution in [3.63, 3.8) is 0 Å². The average Bonchev–Trinajstić information content (AvgIpc) is 3.13. The van der Waals surface area contributed by atoms with E-state index in [0.29, 0.717) is 24.4 Å². The summed E-state index contributed by atoms with van der Waals surface area (Å²) in [5, 5.41) is 15.7. The fraction of sp³-hybridized carbons (Fsp3) is 0.923. The Balaban J connectivity index is 1.60. The molecule has 0 heterocycles. The number of nitrogens with one attached hydrogen (secondary N) is 2. The number of amides is 1. The van der Waals surface area contributed by atoms with Crippen molar-refractivity contribution in [2.24, 2.45) is 5.92 Å².